The highest BCUT2D eigenvalue weighted by molar-refractivity contribution is 4.64. The molecule has 3 heteroatoms. The van der Waals surface area contributed by atoms with Gasteiger partial charge in [0.15, 0.2) is 0 Å². The van der Waals surface area contributed by atoms with E-state index in [1.165, 1.54) is 0 Å². The van der Waals surface area contributed by atoms with Crippen LogP contribution in [0.3, 0.4) is 0 Å². The fourth-order valence-electron chi connectivity index (χ4n) is 0.528. The van der Waals surface area contributed by atoms with Gasteiger partial charge in [0.05, 0.1) is 7.05 Å². The molecule has 0 heterocycles. The first kappa shape index (κ1) is 12.6. The number of halogens is 1. The fourth-order valence-corrected chi connectivity index (χ4v) is 0.528. The zero-order valence-electron chi connectivity index (χ0n) is 6.68. The van der Waals surface area contributed by atoms with Crippen LogP contribution in [0.15, 0.2) is 12.7 Å². The molecule has 1 unspecified atom stereocenters. The lowest BCUT2D eigenvalue weighted by atomic mass is 10.4. The lowest BCUT2D eigenvalue weighted by Gasteiger charge is -2.22. The van der Waals surface area contributed by atoms with E-state index in [0.29, 0.717) is 0 Å². The summed E-state index contributed by atoms with van der Waals surface area (Å²) < 4.78 is 0.103. The van der Waals surface area contributed by atoms with Crippen LogP contribution in [-0.4, -0.2) is 30.0 Å². The summed E-state index contributed by atoms with van der Waals surface area (Å²) >= 11 is 0. The molecule has 0 aliphatic heterocycles. The van der Waals surface area contributed by atoms with Crippen LogP contribution in [0.4, 0.5) is 0 Å². The van der Waals surface area contributed by atoms with Gasteiger partial charge in [-0.2, -0.15) is 4.65 Å². The largest absolute Gasteiger partial charge is 1.00 e. The maximum atomic E-state index is 9.34. The lowest BCUT2D eigenvalue weighted by molar-refractivity contribution is -1.09. The van der Waals surface area contributed by atoms with Crippen LogP contribution in [0.25, 0.3) is 0 Å². The Bertz CT molecular complexity index is 93.6. The third-order valence-electron chi connectivity index (χ3n) is 1.50. The van der Waals surface area contributed by atoms with Crippen molar-refractivity contribution >= 4 is 0 Å². The second-order valence-electron chi connectivity index (χ2n) is 2.46. The predicted molar refractivity (Wildman–Crippen MR) is 38.2 cm³/mol. The first-order valence-electron chi connectivity index (χ1n) is 3.30. The van der Waals surface area contributed by atoms with E-state index in [9.17, 15) is 5.21 Å². The number of nitrogens with zero attached hydrogens (tertiary/aromatic N) is 1. The summed E-state index contributed by atoms with van der Waals surface area (Å²) in [5.74, 6) is 0. The van der Waals surface area contributed by atoms with Gasteiger partial charge in [-0.1, -0.05) is 6.08 Å². The second kappa shape index (κ2) is 5.71. The molecule has 0 rings (SSSR count). The van der Waals surface area contributed by atoms with Gasteiger partial charge in [-0.25, -0.2) is 5.21 Å². The number of hydroxylamine groups is 3. The highest BCUT2D eigenvalue weighted by Gasteiger charge is 2.12. The van der Waals surface area contributed by atoms with Gasteiger partial charge in [0.25, 0.3) is 0 Å². The van der Waals surface area contributed by atoms with Gasteiger partial charge in [-0.15, -0.1) is 6.58 Å². The quantitative estimate of drug-likeness (QED) is 0.303. The summed E-state index contributed by atoms with van der Waals surface area (Å²) in [5, 5.41) is 9.34. The third-order valence-corrected chi connectivity index (χ3v) is 1.50. The molecule has 1 N–H and O–H groups in total. The van der Waals surface area contributed by atoms with Gasteiger partial charge in [-0.3, -0.25) is 0 Å². The summed E-state index contributed by atoms with van der Waals surface area (Å²) in [4.78, 5) is 0. The molecule has 0 fully saturated rings. The van der Waals surface area contributed by atoms with Gasteiger partial charge in [0.2, 0.25) is 0 Å². The van der Waals surface area contributed by atoms with E-state index < -0.39 is 0 Å². The first-order valence-corrected chi connectivity index (χ1v) is 3.30. The Morgan fingerprint density at radius 1 is 1.60 bits per heavy atom. The molecule has 0 saturated carbocycles. The van der Waals surface area contributed by atoms with Crippen molar-refractivity contribution in [3.8, 4) is 0 Å². The number of hydrogen-bond donors (Lipinski definition) is 1. The van der Waals surface area contributed by atoms with Crippen molar-refractivity contribution < 1.29 is 22.3 Å². The normalized spacial score (nSPS) is 15.1. The highest BCUT2D eigenvalue weighted by atomic mass is 35.5. The third kappa shape index (κ3) is 6.08. The maximum absolute atomic E-state index is 9.34. The van der Waals surface area contributed by atoms with Gasteiger partial charge in [-0.05, 0) is 6.92 Å². The summed E-state index contributed by atoms with van der Waals surface area (Å²) in [6.45, 7) is 7.06. The van der Waals surface area contributed by atoms with Crippen LogP contribution in [0.5, 0.6) is 0 Å². The number of quaternary nitrogens is 1. The van der Waals surface area contributed by atoms with Gasteiger partial charge >= 0.3 is 0 Å². The van der Waals surface area contributed by atoms with Crippen LogP contribution in [0.1, 0.15) is 13.3 Å². The molecular formula is C7H16ClNO. The minimum absolute atomic E-state index is 0. The van der Waals surface area contributed by atoms with Crippen LogP contribution in [0.2, 0.25) is 0 Å². The van der Waals surface area contributed by atoms with Gasteiger partial charge in [0, 0.05) is 6.42 Å². The van der Waals surface area contributed by atoms with E-state index in [-0.39, 0.29) is 17.1 Å². The van der Waals surface area contributed by atoms with Crippen molar-refractivity contribution in [3.05, 3.63) is 12.7 Å². The molecule has 10 heavy (non-hydrogen) atoms. The molecule has 2 nitrogen and oxygen atoms in total. The predicted octanol–water partition coefficient (Wildman–Crippen LogP) is -1.58. The van der Waals surface area contributed by atoms with Crippen molar-refractivity contribution in [1.82, 2.24) is 0 Å². The summed E-state index contributed by atoms with van der Waals surface area (Å²) in [6, 6.07) is 0. The Kier molecular flexibility index (Phi) is 7.21. The molecule has 0 spiro atoms. The van der Waals surface area contributed by atoms with Crippen molar-refractivity contribution in [2.45, 2.75) is 13.3 Å². The van der Waals surface area contributed by atoms with Crippen LogP contribution in [-0.2, 0) is 0 Å². The molecular weight excluding hydrogens is 150 g/mol. The average molecular weight is 166 g/mol. The standard InChI is InChI=1S/C7H16NO.ClH/c1-4-6-7-8(3,9)5-2;/h4,9H,1,5-7H2,2-3H3;1H/q+1;/p-1. The summed E-state index contributed by atoms with van der Waals surface area (Å²) in [6.07, 6.45) is 2.70. The van der Waals surface area contributed by atoms with E-state index in [1.54, 1.807) is 7.05 Å². The van der Waals surface area contributed by atoms with Crippen molar-refractivity contribution in [3.63, 3.8) is 0 Å². The zero-order valence-corrected chi connectivity index (χ0v) is 7.43. The molecule has 62 valence electrons. The number of hydrogen-bond acceptors (Lipinski definition) is 1. The topological polar surface area (TPSA) is 20.2 Å². The molecule has 0 radical (unpaired) electrons. The van der Waals surface area contributed by atoms with Crippen LogP contribution < -0.4 is 12.4 Å². The van der Waals surface area contributed by atoms with Crippen molar-refractivity contribution in [2.24, 2.45) is 0 Å². The van der Waals surface area contributed by atoms with E-state index in [2.05, 4.69) is 6.58 Å². The number of rotatable bonds is 4. The lowest BCUT2D eigenvalue weighted by Crippen LogP contribution is -3.00. The van der Waals surface area contributed by atoms with Gasteiger partial charge in [0.1, 0.15) is 13.1 Å². The highest BCUT2D eigenvalue weighted by Crippen LogP contribution is 1.96. The molecule has 0 aliphatic rings. The minimum Gasteiger partial charge on any atom is -1.00 e. The van der Waals surface area contributed by atoms with Crippen LogP contribution >= 0.6 is 0 Å². The second-order valence-corrected chi connectivity index (χ2v) is 2.46. The Hall–Kier alpha value is -0.0500. The summed E-state index contributed by atoms with van der Waals surface area (Å²) in [7, 11) is 1.80. The van der Waals surface area contributed by atoms with E-state index >= 15 is 0 Å². The van der Waals surface area contributed by atoms with Crippen LogP contribution in [0, 0.1) is 0 Å². The Morgan fingerprint density at radius 2 is 2.10 bits per heavy atom. The SMILES string of the molecule is C=CCC[N+](C)(O)CC.[Cl-]. The smallest absolute Gasteiger partial charge is 0.112 e. The van der Waals surface area contributed by atoms with E-state index in [4.69, 9.17) is 0 Å². The van der Waals surface area contributed by atoms with E-state index in [1.807, 2.05) is 13.0 Å². The minimum atomic E-state index is 0. The molecule has 0 aliphatic carbocycles. The van der Waals surface area contributed by atoms with Gasteiger partial charge < -0.3 is 12.4 Å². The summed E-state index contributed by atoms with van der Waals surface area (Å²) in [5.41, 5.74) is 0. The molecule has 0 aromatic rings. The molecule has 0 saturated heterocycles. The first-order chi connectivity index (χ1) is 4.12. The maximum Gasteiger partial charge on any atom is 0.112 e. The molecule has 0 aromatic carbocycles. The molecule has 0 aromatic heterocycles. The Morgan fingerprint density at radius 3 is 2.40 bits per heavy atom. The van der Waals surface area contributed by atoms with E-state index in [0.717, 1.165) is 19.5 Å². The molecule has 1 atom stereocenters. The molecule has 0 bridgehead atoms. The zero-order chi connectivity index (χ0) is 7.33. The Balaban J connectivity index is 0. The molecule has 0 amide bonds. The Labute approximate surface area is 69.1 Å². The van der Waals surface area contributed by atoms with Crippen molar-refractivity contribution in [1.29, 1.82) is 0 Å². The monoisotopic (exact) mass is 165 g/mol. The van der Waals surface area contributed by atoms with Crippen molar-refractivity contribution in [2.75, 3.05) is 20.1 Å². The fraction of sp³-hybridized carbons (Fsp3) is 0.714. The average Bonchev–Trinajstić information content (AvgIpc) is 1.84.